The molecule has 7 heteroatoms. The Kier molecular flexibility index (Phi) is 4.90. The number of piperidine rings is 1. The second kappa shape index (κ2) is 6.30. The number of ether oxygens (including phenoxy) is 1. The molecule has 1 heterocycles. The maximum atomic E-state index is 12.3. The first-order valence-electron chi connectivity index (χ1n) is 6.97. The van der Waals surface area contributed by atoms with E-state index in [4.69, 9.17) is 4.74 Å². The van der Waals surface area contributed by atoms with Gasteiger partial charge in [0.2, 0.25) is 0 Å². The number of nitrogens with one attached hydrogen (secondary N) is 1. The molecule has 2 unspecified atom stereocenters. The number of alkyl halides is 3. The molecule has 0 aromatic rings. The van der Waals surface area contributed by atoms with Gasteiger partial charge in [-0.1, -0.05) is 0 Å². The molecule has 0 aromatic heterocycles. The molecule has 1 N–H and O–H groups in total. The monoisotopic (exact) mass is 294 g/mol. The van der Waals surface area contributed by atoms with E-state index in [-0.39, 0.29) is 17.9 Å². The number of halogens is 3. The second-order valence-electron chi connectivity index (χ2n) is 5.81. The zero-order valence-corrected chi connectivity index (χ0v) is 11.6. The van der Waals surface area contributed by atoms with Crippen molar-refractivity contribution < 1.29 is 22.7 Å². The van der Waals surface area contributed by atoms with Crippen molar-refractivity contribution in [1.82, 2.24) is 10.2 Å². The number of likely N-dealkylation sites (tertiary alicyclic amines) is 1. The predicted octanol–water partition coefficient (Wildman–Crippen LogP) is 1.41. The van der Waals surface area contributed by atoms with E-state index < -0.39 is 12.7 Å². The average Bonchev–Trinajstić information content (AvgIpc) is 3.18. The van der Waals surface area contributed by atoms with E-state index in [2.05, 4.69) is 10.2 Å². The lowest BCUT2D eigenvalue weighted by Crippen LogP contribution is -2.53. The molecule has 2 atom stereocenters. The zero-order valence-electron chi connectivity index (χ0n) is 11.6. The molecule has 0 spiro atoms. The molecule has 1 aliphatic carbocycles. The van der Waals surface area contributed by atoms with E-state index in [1.165, 1.54) is 20.0 Å². The number of carbonyl (C=O) groups excluding carboxylic acids is 1. The van der Waals surface area contributed by atoms with E-state index in [1.807, 2.05) is 0 Å². The summed E-state index contributed by atoms with van der Waals surface area (Å²) in [6.07, 6.45) is -1.45. The molecule has 0 amide bonds. The van der Waals surface area contributed by atoms with Crippen LogP contribution < -0.4 is 5.32 Å². The second-order valence-corrected chi connectivity index (χ2v) is 5.81. The lowest BCUT2D eigenvalue weighted by atomic mass is 9.94. The van der Waals surface area contributed by atoms with Crippen LogP contribution in [0.2, 0.25) is 0 Å². The number of esters is 1. The third kappa shape index (κ3) is 4.94. The Morgan fingerprint density at radius 3 is 2.60 bits per heavy atom. The highest BCUT2D eigenvalue weighted by Gasteiger charge is 2.36. The minimum absolute atomic E-state index is 0.312. The number of hydrogen-bond donors (Lipinski definition) is 1. The predicted molar refractivity (Wildman–Crippen MR) is 67.1 cm³/mol. The Morgan fingerprint density at radius 2 is 2.05 bits per heavy atom. The van der Waals surface area contributed by atoms with Crippen molar-refractivity contribution in [2.75, 3.05) is 33.3 Å². The Labute approximate surface area is 116 Å². The molecular weight excluding hydrogens is 273 g/mol. The first-order valence-corrected chi connectivity index (χ1v) is 6.97. The van der Waals surface area contributed by atoms with Crippen LogP contribution in [-0.2, 0) is 9.53 Å². The maximum absolute atomic E-state index is 12.3. The van der Waals surface area contributed by atoms with E-state index in [9.17, 15) is 18.0 Å². The van der Waals surface area contributed by atoms with E-state index >= 15 is 0 Å². The molecule has 0 radical (unpaired) electrons. The van der Waals surface area contributed by atoms with Gasteiger partial charge in [-0.2, -0.15) is 13.2 Å². The normalized spacial score (nSPS) is 28.4. The SMILES string of the molecule is COC(=O)C1CC(NCC(F)(F)F)CN(CC2CC2)C1. The van der Waals surface area contributed by atoms with Crippen LogP contribution in [0.25, 0.3) is 0 Å². The molecule has 20 heavy (non-hydrogen) atoms. The summed E-state index contributed by atoms with van der Waals surface area (Å²) in [5.74, 6) is -0.0165. The minimum atomic E-state index is -4.22. The third-order valence-electron chi connectivity index (χ3n) is 3.87. The van der Waals surface area contributed by atoms with E-state index in [1.54, 1.807) is 0 Å². The van der Waals surface area contributed by atoms with Crippen LogP contribution in [-0.4, -0.2) is 56.4 Å². The van der Waals surface area contributed by atoms with Crippen molar-refractivity contribution in [2.24, 2.45) is 11.8 Å². The Bertz CT molecular complexity index is 345. The number of nitrogens with zero attached hydrogens (tertiary/aromatic N) is 1. The highest BCUT2D eigenvalue weighted by Crippen LogP contribution is 2.31. The van der Waals surface area contributed by atoms with Gasteiger partial charge >= 0.3 is 12.1 Å². The van der Waals surface area contributed by atoms with Crippen molar-refractivity contribution in [3.05, 3.63) is 0 Å². The number of hydrogen-bond acceptors (Lipinski definition) is 4. The summed E-state index contributed by atoms with van der Waals surface area (Å²) < 4.78 is 41.6. The molecule has 2 rings (SSSR count). The van der Waals surface area contributed by atoms with Crippen LogP contribution in [0, 0.1) is 11.8 Å². The summed E-state index contributed by atoms with van der Waals surface area (Å²) in [6.45, 7) is 1.02. The molecule has 116 valence electrons. The first-order chi connectivity index (χ1) is 9.37. The van der Waals surface area contributed by atoms with Gasteiger partial charge in [0.1, 0.15) is 0 Å². The molecule has 1 aliphatic heterocycles. The van der Waals surface area contributed by atoms with Crippen molar-refractivity contribution >= 4 is 5.97 Å². The van der Waals surface area contributed by atoms with Gasteiger partial charge in [-0.15, -0.1) is 0 Å². The maximum Gasteiger partial charge on any atom is 0.401 e. The minimum Gasteiger partial charge on any atom is -0.469 e. The fourth-order valence-corrected chi connectivity index (χ4v) is 2.75. The summed E-state index contributed by atoms with van der Waals surface area (Å²) in [7, 11) is 1.32. The quantitative estimate of drug-likeness (QED) is 0.779. The fraction of sp³-hybridized carbons (Fsp3) is 0.923. The van der Waals surface area contributed by atoms with Gasteiger partial charge in [-0.3, -0.25) is 4.79 Å². The Hall–Kier alpha value is -0.820. The molecular formula is C13H21F3N2O2. The van der Waals surface area contributed by atoms with Crippen LogP contribution in [0.3, 0.4) is 0 Å². The standard InChI is InChI=1S/C13H21F3N2O2/c1-20-12(19)10-4-11(17-8-13(14,15)16)7-18(6-10)5-9-2-3-9/h9-11,17H,2-8H2,1H3. The van der Waals surface area contributed by atoms with Crippen LogP contribution in [0.4, 0.5) is 13.2 Å². The zero-order chi connectivity index (χ0) is 14.8. The van der Waals surface area contributed by atoms with Crippen molar-refractivity contribution in [1.29, 1.82) is 0 Å². The first kappa shape index (κ1) is 15.6. The Morgan fingerprint density at radius 1 is 1.35 bits per heavy atom. The summed E-state index contributed by atoms with van der Waals surface area (Å²) in [5.41, 5.74) is 0. The van der Waals surface area contributed by atoms with Crippen LogP contribution in [0.1, 0.15) is 19.3 Å². The van der Waals surface area contributed by atoms with Gasteiger partial charge in [0.15, 0.2) is 0 Å². The van der Waals surface area contributed by atoms with Gasteiger partial charge < -0.3 is 15.0 Å². The highest BCUT2D eigenvalue weighted by molar-refractivity contribution is 5.72. The van der Waals surface area contributed by atoms with Crippen LogP contribution in [0.5, 0.6) is 0 Å². The van der Waals surface area contributed by atoms with Gasteiger partial charge in [-0.05, 0) is 25.2 Å². The fourth-order valence-electron chi connectivity index (χ4n) is 2.75. The number of rotatable bonds is 5. The van der Waals surface area contributed by atoms with Gasteiger partial charge in [-0.25, -0.2) is 0 Å². The van der Waals surface area contributed by atoms with Crippen molar-refractivity contribution in [2.45, 2.75) is 31.5 Å². The molecule has 1 saturated carbocycles. The lowest BCUT2D eigenvalue weighted by molar-refractivity contribution is -0.148. The molecule has 2 fully saturated rings. The topological polar surface area (TPSA) is 41.6 Å². The lowest BCUT2D eigenvalue weighted by Gasteiger charge is -2.37. The largest absolute Gasteiger partial charge is 0.469 e. The van der Waals surface area contributed by atoms with E-state index in [0.29, 0.717) is 25.4 Å². The smallest absolute Gasteiger partial charge is 0.401 e. The molecule has 1 saturated heterocycles. The summed E-state index contributed by atoms with van der Waals surface area (Å²) in [4.78, 5) is 13.8. The number of methoxy groups -OCH3 is 1. The third-order valence-corrected chi connectivity index (χ3v) is 3.87. The Balaban J connectivity index is 1.90. The average molecular weight is 294 g/mol. The van der Waals surface area contributed by atoms with Gasteiger partial charge in [0.25, 0.3) is 0 Å². The van der Waals surface area contributed by atoms with Gasteiger partial charge in [0.05, 0.1) is 19.6 Å². The van der Waals surface area contributed by atoms with Crippen molar-refractivity contribution in [3.63, 3.8) is 0 Å². The van der Waals surface area contributed by atoms with E-state index in [0.717, 1.165) is 6.54 Å². The molecule has 4 nitrogen and oxygen atoms in total. The van der Waals surface area contributed by atoms with Gasteiger partial charge in [0, 0.05) is 25.7 Å². The van der Waals surface area contributed by atoms with Crippen LogP contribution in [0.15, 0.2) is 0 Å². The molecule has 0 aromatic carbocycles. The molecule has 0 bridgehead atoms. The highest BCUT2D eigenvalue weighted by atomic mass is 19.4. The summed E-state index contributed by atoms with van der Waals surface area (Å²) in [5, 5.41) is 2.52. The summed E-state index contributed by atoms with van der Waals surface area (Å²) >= 11 is 0. The van der Waals surface area contributed by atoms with Crippen molar-refractivity contribution in [3.8, 4) is 0 Å². The summed E-state index contributed by atoms with van der Waals surface area (Å²) in [6, 6.07) is -0.312. The molecule has 2 aliphatic rings. The van der Waals surface area contributed by atoms with Crippen LogP contribution >= 0.6 is 0 Å². The number of carbonyl (C=O) groups is 1.